The van der Waals surface area contributed by atoms with Crippen LogP contribution in [-0.4, -0.2) is 18.1 Å². The molecule has 0 saturated heterocycles. The Bertz CT molecular complexity index is 422. The number of rotatable bonds is 4. The van der Waals surface area contributed by atoms with Crippen LogP contribution in [-0.2, 0) is 22.5 Å². The summed E-state index contributed by atoms with van der Waals surface area (Å²) in [7, 11) is 1.23. The zero-order valence-electron chi connectivity index (χ0n) is 9.67. The van der Waals surface area contributed by atoms with Gasteiger partial charge >= 0.3 is 5.97 Å². The SMILES string of the molecule is COC(=O)Cc1cc(C(F)F)c(CN)c(C)n1. The summed E-state index contributed by atoms with van der Waals surface area (Å²) in [5.74, 6) is -0.516. The van der Waals surface area contributed by atoms with Gasteiger partial charge in [-0.05, 0) is 18.6 Å². The topological polar surface area (TPSA) is 65.2 Å². The highest BCUT2D eigenvalue weighted by molar-refractivity contribution is 5.71. The van der Waals surface area contributed by atoms with Crippen LogP contribution in [0.25, 0.3) is 0 Å². The van der Waals surface area contributed by atoms with Gasteiger partial charge in [0.1, 0.15) is 0 Å². The Balaban J connectivity index is 3.15. The largest absolute Gasteiger partial charge is 0.469 e. The number of aryl methyl sites for hydroxylation is 1. The van der Waals surface area contributed by atoms with Crippen molar-refractivity contribution in [3.8, 4) is 0 Å². The highest BCUT2D eigenvalue weighted by Gasteiger charge is 2.17. The number of ether oxygens (including phenoxy) is 1. The molecule has 1 aromatic rings. The molecule has 2 N–H and O–H groups in total. The summed E-state index contributed by atoms with van der Waals surface area (Å²) in [6.45, 7) is 1.59. The molecule has 1 aromatic heterocycles. The van der Waals surface area contributed by atoms with Crippen molar-refractivity contribution in [1.29, 1.82) is 0 Å². The van der Waals surface area contributed by atoms with Gasteiger partial charge in [-0.3, -0.25) is 9.78 Å². The van der Waals surface area contributed by atoms with Gasteiger partial charge in [0.05, 0.1) is 19.2 Å². The molecule has 0 aliphatic heterocycles. The zero-order valence-corrected chi connectivity index (χ0v) is 9.67. The number of carbonyl (C=O) groups excluding carboxylic acids is 1. The quantitative estimate of drug-likeness (QED) is 0.815. The predicted molar refractivity (Wildman–Crippen MR) is 57.5 cm³/mol. The molecule has 0 atom stereocenters. The lowest BCUT2D eigenvalue weighted by atomic mass is 10.0. The number of nitrogens with zero attached hydrogens (tertiary/aromatic N) is 1. The minimum Gasteiger partial charge on any atom is -0.469 e. The van der Waals surface area contributed by atoms with E-state index in [0.717, 1.165) is 0 Å². The number of alkyl halides is 2. The Kier molecular flexibility index (Phi) is 4.51. The van der Waals surface area contributed by atoms with Gasteiger partial charge in [0.15, 0.2) is 0 Å². The maximum Gasteiger partial charge on any atom is 0.311 e. The highest BCUT2D eigenvalue weighted by Crippen LogP contribution is 2.25. The molecule has 6 heteroatoms. The molecule has 17 heavy (non-hydrogen) atoms. The fourth-order valence-corrected chi connectivity index (χ4v) is 1.56. The molecule has 0 aromatic carbocycles. The van der Waals surface area contributed by atoms with E-state index in [-0.39, 0.29) is 24.2 Å². The van der Waals surface area contributed by atoms with Crippen LogP contribution >= 0.6 is 0 Å². The number of pyridine rings is 1. The summed E-state index contributed by atoms with van der Waals surface area (Å²) < 4.78 is 30.0. The van der Waals surface area contributed by atoms with E-state index in [1.54, 1.807) is 6.92 Å². The van der Waals surface area contributed by atoms with Crippen molar-refractivity contribution in [2.24, 2.45) is 5.73 Å². The molecule has 0 amide bonds. The van der Waals surface area contributed by atoms with E-state index in [9.17, 15) is 13.6 Å². The van der Waals surface area contributed by atoms with E-state index in [1.165, 1.54) is 13.2 Å². The Morgan fingerprint density at radius 2 is 2.24 bits per heavy atom. The van der Waals surface area contributed by atoms with E-state index < -0.39 is 12.4 Å². The van der Waals surface area contributed by atoms with Crippen molar-refractivity contribution in [1.82, 2.24) is 4.98 Å². The Labute approximate surface area is 97.8 Å². The van der Waals surface area contributed by atoms with E-state index in [2.05, 4.69) is 9.72 Å². The lowest BCUT2D eigenvalue weighted by Crippen LogP contribution is -2.12. The molecule has 0 saturated carbocycles. The number of hydrogen-bond acceptors (Lipinski definition) is 4. The van der Waals surface area contributed by atoms with Crippen molar-refractivity contribution >= 4 is 5.97 Å². The molecule has 0 aliphatic rings. The number of methoxy groups -OCH3 is 1. The van der Waals surface area contributed by atoms with Crippen molar-refractivity contribution in [2.45, 2.75) is 26.3 Å². The number of nitrogens with two attached hydrogens (primary N) is 1. The molecule has 0 spiro atoms. The maximum absolute atomic E-state index is 12.8. The molecule has 1 heterocycles. The first-order valence-corrected chi connectivity index (χ1v) is 5.04. The van der Waals surface area contributed by atoms with Crippen LogP contribution in [0, 0.1) is 6.92 Å². The van der Waals surface area contributed by atoms with Crippen LogP contribution in [0.5, 0.6) is 0 Å². The first-order valence-electron chi connectivity index (χ1n) is 5.04. The molecular weight excluding hydrogens is 230 g/mol. The van der Waals surface area contributed by atoms with Crippen LogP contribution in [0.1, 0.15) is 28.9 Å². The summed E-state index contributed by atoms with van der Waals surface area (Å²) in [6.07, 6.45) is -2.76. The van der Waals surface area contributed by atoms with Crippen LogP contribution in [0.4, 0.5) is 8.78 Å². The van der Waals surface area contributed by atoms with E-state index >= 15 is 0 Å². The Morgan fingerprint density at radius 3 is 2.71 bits per heavy atom. The van der Waals surface area contributed by atoms with Crippen LogP contribution in [0.3, 0.4) is 0 Å². The van der Waals surface area contributed by atoms with Gasteiger partial charge in [-0.25, -0.2) is 8.78 Å². The van der Waals surface area contributed by atoms with Crippen molar-refractivity contribution < 1.29 is 18.3 Å². The minimum atomic E-state index is -2.63. The third kappa shape index (κ3) is 3.20. The second-order valence-corrected chi connectivity index (χ2v) is 3.52. The number of carbonyl (C=O) groups is 1. The molecule has 4 nitrogen and oxygen atoms in total. The Morgan fingerprint density at radius 1 is 1.59 bits per heavy atom. The van der Waals surface area contributed by atoms with Gasteiger partial charge in [-0.15, -0.1) is 0 Å². The average Bonchev–Trinajstić information content (AvgIpc) is 2.28. The van der Waals surface area contributed by atoms with Gasteiger partial charge in [0.2, 0.25) is 0 Å². The second-order valence-electron chi connectivity index (χ2n) is 3.52. The average molecular weight is 244 g/mol. The zero-order chi connectivity index (χ0) is 13.0. The minimum absolute atomic E-state index is 0.00297. The van der Waals surface area contributed by atoms with Gasteiger partial charge in [-0.2, -0.15) is 0 Å². The molecule has 0 fully saturated rings. The summed E-state index contributed by atoms with van der Waals surface area (Å²) >= 11 is 0. The first-order chi connectivity index (χ1) is 7.99. The molecule has 1 rings (SSSR count). The summed E-state index contributed by atoms with van der Waals surface area (Å²) in [4.78, 5) is 15.1. The number of hydrogen-bond donors (Lipinski definition) is 1. The number of halogens is 2. The molecule has 0 unspecified atom stereocenters. The van der Waals surface area contributed by atoms with Crippen LogP contribution in [0.2, 0.25) is 0 Å². The van der Waals surface area contributed by atoms with Crippen LogP contribution < -0.4 is 5.73 Å². The lowest BCUT2D eigenvalue weighted by molar-refractivity contribution is -0.139. The molecule has 94 valence electrons. The van der Waals surface area contributed by atoms with Gasteiger partial charge < -0.3 is 10.5 Å². The fourth-order valence-electron chi connectivity index (χ4n) is 1.56. The third-order valence-electron chi connectivity index (χ3n) is 2.41. The molecule has 0 aliphatic carbocycles. The van der Waals surface area contributed by atoms with Crippen molar-refractivity contribution in [3.63, 3.8) is 0 Å². The smallest absolute Gasteiger partial charge is 0.311 e. The molecular formula is C11H14F2N2O2. The maximum atomic E-state index is 12.8. The van der Waals surface area contributed by atoms with Gasteiger partial charge in [-0.1, -0.05) is 0 Å². The first kappa shape index (κ1) is 13.5. The van der Waals surface area contributed by atoms with E-state index in [4.69, 9.17) is 5.73 Å². The molecule has 0 bridgehead atoms. The highest BCUT2D eigenvalue weighted by atomic mass is 19.3. The van der Waals surface area contributed by atoms with Crippen molar-refractivity contribution in [3.05, 3.63) is 28.6 Å². The molecule has 0 radical (unpaired) electrons. The summed E-state index contributed by atoms with van der Waals surface area (Å²) in [5.41, 5.74) is 6.25. The van der Waals surface area contributed by atoms with Crippen molar-refractivity contribution in [2.75, 3.05) is 7.11 Å². The summed E-state index contributed by atoms with van der Waals surface area (Å²) in [6, 6.07) is 1.21. The predicted octanol–water partition coefficient (Wildman–Crippen LogP) is 1.50. The fraction of sp³-hybridized carbons (Fsp3) is 0.455. The standard InChI is InChI=1S/C11H14F2N2O2/c1-6-9(5-14)8(11(12)13)3-7(15-6)4-10(16)17-2/h3,11H,4-5,14H2,1-2H3. The normalized spacial score (nSPS) is 10.7. The second kappa shape index (κ2) is 5.67. The number of esters is 1. The van der Waals surface area contributed by atoms with E-state index in [0.29, 0.717) is 11.3 Å². The monoisotopic (exact) mass is 244 g/mol. The van der Waals surface area contributed by atoms with Gasteiger partial charge in [0.25, 0.3) is 6.43 Å². The lowest BCUT2D eigenvalue weighted by Gasteiger charge is -2.12. The van der Waals surface area contributed by atoms with Crippen LogP contribution in [0.15, 0.2) is 6.07 Å². The summed E-state index contributed by atoms with van der Waals surface area (Å²) in [5, 5.41) is 0. The van der Waals surface area contributed by atoms with Gasteiger partial charge in [0, 0.05) is 17.8 Å². The number of aromatic nitrogens is 1. The van der Waals surface area contributed by atoms with E-state index in [1.807, 2.05) is 0 Å². The third-order valence-corrected chi connectivity index (χ3v) is 2.41. The Hall–Kier alpha value is -1.56.